The minimum Gasteiger partial charge on any atom is -0.371 e. The van der Waals surface area contributed by atoms with E-state index in [1.807, 2.05) is 68.7 Å². The molecule has 2 N–H and O–H groups in total. The van der Waals surface area contributed by atoms with Crippen molar-refractivity contribution in [1.29, 1.82) is 0 Å². The number of nitrogens with zero attached hydrogens (tertiary/aromatic N) is 2. The number of hydrogen-bond donors (Lipinski definition) is 2. The van der Waals surface area contributed by atoms with Crippen LogP contribution in [0.3, 0.4) is 0 Å². The number of rotatable bonds is 8. The van der Waals surface area contributed by atoms with Gasteiger partial charge in [-0.2, -0.15) is 0 Å². The summed E-state index contributed by atoms with van der Waals surface area (Å²) < 4.78 is 0. The van der Waals surface area contributed by atoms with E-state index in [4.69, 9.17) is 11.6 Å². The molecule has 1 aliphatic heterocycles. The van der Waals surface area contributed by atoms with Gasteiger partial charge in [0.25, 0.3) is 5.91 Å². The summed E-state index contributed by atoms with van der Waals surface area (Å²) in [5.41, 5.74) is 4.13. The summed E-state index contributed by atoms with van der Waals surface area (Å²) in [7, 11) is 0. The van der Waals surface area contributed by atoms with Gasteiger partial charge in [0, 0.05) is 48.3 Å². The molecule has 1 atom stereocenters. The zero-order chi connectivity index (χ0) is 27.4. The van der Waals surface area contributed by atoms with Crippen molar-refractivity contribution in [3.8, 4) is 0 Å². The van der Waals surface area contributed by atoms with E-state index in [0.717, 1.165) is 56.3 Å². The lowest BCUT2D eigenvalue weighted by molar-refractivity contribution is -0.126. The SMILES string of the molecule is CC(C)(C(=O)NC1CCc2ccc(C(=O)NCCC3CCN(c4ccncc4)CC3)cc21)c1ccccc1Cl. The summed E-state index contributed by atoms with van der Waals surface area (Å²) in [4.78, 5) is 32.9. The highest BCUT2D eigenvalue weighted by Crippen LogP contribution is 2.35. The molecule has 1 unspecified atom stereocenters. The Kier molecular flexibility index (Phi) is 8.22. The first kappa shape index (κ1) is 27.2. The maximum Gasteiger partial charge on any atom is 0.251 e. The topological polar surface area (TPSA) is 74.3 Å². The maximum absolute atomic E-state index is 13.3. The van der Waals surface area contributed by atoms with Crippen LogP contribution in [0.25, 0.3) is 0 Å². The van der Waals surface area contributed by atoms with Crippen molar-refractivity contribution < 1.29 is 9.59 Å². The van der Waals surface area contributed by atoms with Gasteiger partial charge in [-0.15, -0.1) is 0 Å². The molecule has 6 nitrogen and oxygen atoms in total. The summed E-state index contributed by atoms with van der Waals surface area (Å²) >= 11 is 6.40. The Bertz CT molecular complexity index is 1320. The average molecular weight is 545 g/mol. The molecule has 39 heavy (non-hydrogen) atoms. The zero-order valence-corrected chi connectivity index (χ0v) is 23.5. The highest BCUT2D eigenvalue weighted by atomic mass is 35.5. The lowest BCUT2D eigenvalue weighted by Crippen LogP contribution is -2.41. The number of nitrogens with one attached hydrogen (secondary N) is 2. The van der Waals surface area contributed by atoms with E-state index in [2.05, 4.69) is 32.7 Å². The number of carbonyl (C=O) groups is 2. The van der Waals surface area contributed by atoms with Crippen LogP contribution in [0.1, 0.15) is 72.6 Å². The lowest BCUT2D eigenvalue weighted by Gasteiger charge is -2.33. The molecular weight excluding hydrogens is 508 g/mol. The zero-order valence-electron chi connectivity index (χ0n) is 22.8. The van der Waals surface area contributed by atoms with Crippen molar-refractivity contribution in [2.45, 2.75) is 57.4 Å². The number of benzene rings is 2. The highest BCUT2D eigenvalue weighted by molar-refractivity contribution is 6.31. The van der Waals surface area contributed by atoms with Crippen molar-refractivity contribution in [3.05, 3.63) is 94.3 Å². The quantitative estimate of drug-likeness (QED) is 0.373. The predicted octanol–water partition coefficient (Wildman–Crippen LogP) is 5.85. The number of anilines is 1. The first-order valence-corrected chi connectivity index (χ1v) is 14.3. The van der Waals surface area contributed by atoms with Crippen molar-refractivity contribution in [2.24, 2.45) is 5.92 Å². The molecule has 0 spiro atoms. The molecule has 1 fully saturated rings. The van der Waals surface area contributed by atoms with Crippen molar-refractivity contribution >= 4 is 29.1 Å². The van der Waals surface area contributed by atoms with E-state index in [-0.39, 0.29) is 17.9 Å². The Labute approximate surface area is 236 Å². The molecule has 2 amide bonds. The number of fused-ring (bicyclic) bond motifs is 1. The smallest absolute Gasteiger partial charge is 0.251 e. The Balaban J connectivity index is 1.14. The Morgan fingerprint density at radius 2 is 1.77 bits per heavy atom. The molecule has 204 valence electrons. The number of carbonyl (C=O) groups excluding carboxylic acids is 2. The lowest BCUT2D eigenvalue weighted by atomic mass is 9.83. The van der Waals surface area contributed by atoms with Gasteiger partial charge in [0.2, 0.25) is 5.91 Å². The van der Waals surface area contributed by atoms with Crippen LogP contribution in [-0.2, 0) is 16.6 Å². The fraction of sp³-hybridized carbons (Fsp3) is 0.406. The number of hydrogen-bond acceptors (Lipinski definition) is 4. The van der Waals surface area contributed by atoms with Gasteiger partial charge in [0.1, 0.15) is 0 Å². The van der Waals surface area contributed by atoms with Crippen LogP contribution < -0.4 is 15.5 Å². The number of pyridine rings is 1. The Morgan fingerprint density at radius 3 is 2.51 bits per heavy atom. The van der Waals surface area contributed by atoms with Crippen LogP contribution in [-0.4, -0.2) is 36.4 Å². The molecule has 1 aromatic heterocycles. The Morgan fingerprint density at radius 1 is 1.03 bits per heavy atom. The van der Waals surface area contributed by atoms with E-state index in [1.165, 1.54) is 11.3 Å². The molecule has 1 aliphatic carbocycles. The third-order valence-corrected chi connectivity index (χ3v) is 8.72. The maximum atomic E-state index is 13.3. The summed E-state index contributed by atoms with van der Waals surface area (Å²) in [6.07, 6.45) is 8.62. The first-order chi connectivity index (χ1) is 18.8. The number of amides is 2. The second kappa shape index (κ2) is 11.8. The van der Waals surface area contributed by atoms with E-state index >= 15 is 0 Å². The van der Waals surface area contributed by atoms with Gasteiger partial charge in [-0.1, -0.05) is 35.9 Å². The second-order valence-corrected chi connectivity index (χ2v) is 11.7. The molecule has 0 bridgehead atoms. The summed E-state index contributed by atoms with van der Waals surface area (Å²) in [5.74, 6) is 0.489. The van der Waals surface area contributed by atoms with Gasteiger partial charge in [-0.3, -0.25) is 14.6 Å². The van der Waals surface area contributed by atoms with Crippen molar-refractivity contribution in [3.63, 3.8) is 0 Å². The summed E-state index contributed by atoms with van der Waals surface area (Å²) in [6.45, 7) is 6.53. The van der Waals surface area contributed by atoms with Crippen LogP contribution in [0.5, 0.6) is 0 Å². The number of aromatic nitrogens is 1. The van der Waals surface area contributed by atoms with E-state index in [1.54, 1.807) is 0 Å². The fourth-order valence-electron chi connectivity index (χ4n) is 5.85. The first-order valence-electron chi connectivity index (χ1n) is 13.9. The molecule has 0 saturated carbocycles. The largest absolute Gasteiger partial charge is 0.371 e. The van der Waals surface area contributed by atoms with Gasteiger partial charge in [-0.05, 0) is 98.9 Å². The molecular formula is C32H37ClN4O2. The third-order valence-electron chi connectivity index (χ3n) is 8.39. The van der Waals surface area contributed by atoms with Gasteiger partial charge in [0.15, 0.2) is 0 Å². The van der Waals surface area contributed by atoms with Gasteiger partial charge < -0.3 is 15.5 Å². The number of halogens is 1. The fourth-order valence-corrected chi connectivity index (χ4v) is 6.22. The molecule has 1 saturated heterocycles. The molecule has 5 rings (SSSR count). The van der Waals surface area contributed by atoms with Crippen LogP contribution in [0.15, 0.2) is 67.0 Å². The molecule has 7 heteroatoms. The van der Waals surface area contributed by atoms with Gasteiger partial charge >= 0.3 is 0 Å². The molecule has 2 aromatic carbocycles. The van der Waals surface area contributed by atoms with Gasteiger partial charge in [-0.25, -0.2) is 0 Å². The van der Waals surface area contributed by atoms with E-state index in [9.17, 15) is 9.59 Å². The molecule has 2 heterocycles. The second-order valence-electron chi connectivity index (χ2n) is 11.3. The highest BCUT2D eigenvalue weighted by Gasteiger charge is 2.35. The normalized spacial score (nSPS) is 17.5. The molecule has 3 aromatic rings. The minimum absolute atomic E-state index is 0.0552. The average Bonchev–Trinajstić information content (AvgIpc) is 3.35. The summed E-state index contributed by atoms with van der Waals surface area (Å²) in [5, 5.41) is 6.94. The van der Waals surface area contributed by atoms with Crippen LogP contribution in [0.2, 0.25) is 5.02 Å². The van der Waals surface area contributed by atoms with Crippen molar-refractivity contribution in [2.75, 3.05) is 24.5 Å². The number of piperidine rings is 1. The van der Waals surface area contributed by atoms with Crippen LogP contribution in [0.4, 0.5) is 5.69 Å². The van der Waals surface area contributed by atoms with Crippen LogP contribution >= 0.6 is 11.6 Å². The van der Waals surface area contributed by atoms with Crippen molar-refractivity contribution in [1.82, 2.24) is 15.6 Å². The Hall–Kier alpha value is -3.38. The monoisotopic (exact) mass is 544 g/mol. The number of aryl methyl sites for hydroxylation is 1. The third kappa shape index (κ3) is 6.11. The van der Waals surface area contributed by atoms with E-state index in [0.29, 0.717) is 23.0 Å². The molecule has 0 radical (unpaired) electrons. The summed E-state index contributed by atoms with van der Waals surface area (Å²) in [6, 6.07) is 17.4. The van der Waals surface area contributed by atoms with Gasteiger partial charge in [0.05, 0.1) is 11.5 Å². The predicted molar refractivity (Wildman–Crippen MR) is 156 cm³/mol. The van der Waals surface area contributed by atoms with Crippen LogP contribution in [0, 0.1) is 5.92 Å². The minimum atomic E-state index is -0.773. The standard InChI is InChI=1S/C32H37ClN4O2/c1-32(2,27-5-3-4-6-28(27)33)31(39)36-29-10-9-23-7-8-24(21-26(23)29)30(38)35-18-11-22-14-19-37(20-15-22)25-12-16-34-17-13-25/h3-8,12-13,16-17,21-22,29H,9-11,14-15,18-20H2,1-2H3,(H,35,38)(H,36,39). The molecule has 2 aliphatic rings. The van der Waals surface area contributed by atoms with E-state index < -0.39 is 5.41 Å².